The van der Waals surface area contributed by atoms with Crippen LogP contribution in [0.1, 0.15) is 18.2 Å². The van der Waals surface area contributed by atoms with Gasteiger partial charge in [-0.1, -0.05) is 140 Å². The molecule has 0 saturated carbocycles. The largest absolute Gasteiger partial charge is 0.455 e. The van der Waals surface area contributed by atoms with Gasteiger partial charge < -0.3 is 8.98 Å². The fourth-order valence-corrected chi connectivity index (χ4v) is 8.64. The molecular weight excluding hydrogens is 685 g/mol. The van der Waals surface area contributed by atoms with Crippen LogP contribution in [0.3, 0.4) is 0 Å². The van der Waals surface area contributed by atoms with Gasteiger partial charge in [0.05, 0.1) is 33.5 Å². The Hall–Kier alpha value is -7.50. The summed E-state index contributed by atoms with van der Waals surface area (Å²) in [5.41, 5.74) is 13.1. The van der Waals surface area contributed by atoms with Crippen LogP contribution >= 0.6 is 0 Å². The van der Waals surface area contributed by atoms with Gasteiger partial charge in [-0.2, -0.15) is 0 Å². The van der Waals surface area contributed by atoms with Crippen molar-refractivity contribution >= 4 is 77.7 Å². The average molecular weight is 719 g/mol. The molecule has 0 aliphatic carbocycles. The van der Waals surface area contributed by atoms with Crippen molar-refractivity contribution < 1.29 is 4.42 Å². The first-order chi connectivity index (χ1) is 27.7. The van der Waals surface area contributed by atoms with Gasteiger partial charge in [0.1, 0.15) is 11.2 Å². The van der Waals surface area contributed by atoms with Gasteiger partial charge in [-0.05, 0) is 55.0 Å². The van der Waals surface area contributed by atoms with Gasteiger partial charge >= 0.3 is 0 Å². The van der Waals surface area contributed by atoms with E-state index in [0.29, 0.717) is 5.95 Å². The molecule has 11 rings (SSSR count). The number of allylic oxidation sites excluding steroid dienone is 1. The average Bonchev–Trinajstić information content (AvgIpc) is 3.91. The standard InChI is InChI=1S/C51H34N4O/c1-3-15-36-38-30-31-45-47(41-20-9-12-24-44(41)54(45)34-16-6-5-7-17-34)49(38)55(43(36)4-2)51-52-42-23-11-8-19-40(42)48(53-51)33-28-26-32(27-29-33)35-21-14-22-39-37-18-10-13-25-46(37)56-50(35)39/h3-31H,2H2,1H3/b15-3-. The molecule has 0 aliphatic heterocycles. The van der Waals surface area contributed by atoms with E-state index in [0.717, 1.165) is 105 Å². The Morgan fingerprint density at radius 2 is 1.29 bits per heavy atom. The summed E-state index contributed by atoms with van der Waals surface area (Å²) in [5, 5.41) is 6.64. The van der Waals surface area contributed by atoms with E-state index in [2.05, 4.69) is 174 Å². The molecule has 0 saturated heterocycles. The van der Waals surface area contributed by atoms with Gasteiger partial charge in [0.15, 0.2) is 0 Å². The molecule has 4 aromatic heterocycles. The molecule has 0 fully saturated rings. The molecule has 0 amide bonds. The van der Waals surface area contributed by atoms with Crippen LogP contribution in [0.2, 0.25) is 0 Å². The smallest absolute Gasteiger partial charge is 0.235 e. The Kier molecular flexibility index (Phi) is 7.16. The van der Waals surface area contributed by atoms with E-state index in [-0.39, 0.29) is 0 Å². The lowest BCUT2D eigenvalue weighted by atomic mass is 9.99. The van der Waals surface area contributed by atoms with Gasteiger partial charge in [0.25, 0.3) is 0 Å². The van der Waals surface area contributed by atoms with Crippen molar-refractivity contribution in [2.45, 2.75) is 6.92 Å². The summed E-state index contributed by atoms with van der Waals surface area (Å²) in [4.78, 5) is 10.8. The summed E-state index contributed by atoms with van der Waals surface area (Å²) >= 11 is 0. The molecule has 56 heavy (non-hydrogen) atoms. The van der Waals surface area contributed by atoms with Crippen molar-refractivity contribution in [3.8, 4) is 34.0 Å². The maximum atomic E-state index is 6.40. The molecule has 4 heterocycles. The highest BCUT2D eigenvalue weighted by molar-refractivity contribution is 6.22. The Morgan fingerprint density at radius 1 is 0.571 bits per heavy atom. The van der Waals surface area contributed by atoms with Crippen LogP contribution in [0.15, 0.2) is 175 Å². The van der Waals surface area contributed by atoms with Crippen LogP contribution < -0.4 is 0 Å². The Labute approximate surface area is 322 Å². The number of nitrogens with zero attached hydrogens (tertiary/aromatic N) is 4. The highest BCUT2D eigenvalue weighted by Gasteiger charge is 2.24. The molecule has 5 heteroatoms. The van der Waals surface area contributed by atoms with Crippen LogP contribution in [0.4, 0.5) is 0 Å². The lowest BCUT2D eigenvalue weighted by molar-refractivity contribution is 0.670. The summed E-state index contributed by atoms with van der Waals surface area (Å²) in [6, 6.07) is 55.2. The minimum absolute atomic E-state index is 0.592. The van der Waals surface area contributed by atoms with Crippen molar-refractivity contribution in [2.75, 3.05) is 0 Å². The predicted octanol–water partition coefficient (Wildman–Crippen LogP) is 13.6. The van der Waals surface area contributed by atoms with Gasteiger partial charge in [-0.15, -0.1) is 0 Å². The first-order valence-electron chi connectivity index (χ1n) is 18.9. The number of aromatic nitrogens is 4. The van der Waals surface area contributed by atoms with Crippen LogP contribution in [0.25, 0.3) is 112 Å². The van der Waals surface area contributed by atoms with Crippen LogP contribution in [0.5, 0.6) is 0 Å². The maximum absolute atomic E-state index is 6.40. The second-order valence-electron chi connectivity index (χ2n) is 14.1. The number of furan rings is 1. The van der Waals surface area contributed by atoms with Gasteiger partial charge in [0.2, 0.25) is 5.95 Å². The third-order valence-electron chi connectivity index (χ3n) is 11.0. The molecule has 0 atom stereocenters. The lowest BCUT2D eigenvalue weighted by Gasteiger charge is -2.13. The fraction of sp³-hybridized carbons (Fsp3) is 0.0196. The van der Waals surface area contributed by atoms with Gasteiger partial charge in [0, 0.05) is 54.7 Å². The Bertz CT molecular complexity index is 3380. The summed E-state index contributed by atoms with van der Waals surface area (Å²) < 4.78 is 11.0. The van der Waals surface area contributed by atoms with E-state index in [1.165, 1.54) is 0 Å². The third-order valence-corrected chi connectivity index (χ3v) is 11.0. The molecule has 264 valence electrons. The highest BCUT2D eigenvalue weighted by Crippen LogP contribution is 2.42. The number of benzene rings is 7. The maximum Gasteiger partial charge on any atom is 0.235 e. The fourth-order valence-electron chi connectivity index (χ4n) is 8.64. The Morgan fingerprint density at radius 3 is 2.11 bits per heavy atom. The topological polar surface area (TPSA) is 48.8 Å². The monoisotopic (exact) mass is 718 g/mol. The molecule has 5 nitrogen and oxygen atoms in total. The number of para-hydroxylation sites is 5. The molecule has 0 N–H and O–H groups in total. The van der Waals surface area contributed by atoms with Crippen LogP contribution in [-0.2, 0) is 0 Å². The van der Waals surface area contributed by atoms with E-state index < -0.39 is 0 Å². The van der Waals surface area contributed by atoms with E-state index >= 15 is 0 Å². The van der Waals surface area contributed by atoms with E-state index in [9.17, 15) is 0 Å². The molecule has 0 bridgehead atoms. The second kappa shape index (κ2) is 12.5. The van der Waals surface area contributed by atoms with Crippen molar-refractivity contribution in [1.29, 1.82) is 0 Å². The summed E-state index contributed by atoms with van der Waals surface area (Å²) in [5.74, 6) is 0.592. The number of rotatable bonds is 6. The number of fused-ring (bicyclic) bond motifs is 9. The predicted molar refractivity (Wildman–Crippen MR) is 234 cm³/mol. The van der Waals surface area contributed by atoms with Crippen molar-refractivity contribution in [3.05, 3.63) is 182 Å². The van der Waals surface area contributed by atoms with Crippen molar-refractivity contribution in [1.82, 2.24) is 19.1 Å². The van der Waals surface area contributed by atoms with Gasteiger partial charge in [-0.3, -0.25) is 4.57 Å². The third kappa shape index (κ3) is 4.67. The second-order valence-corrected chi connectivity index (χ2v) is 14.1. The highest BCUT2D eigenvalue weighted by atomic mass is 16.3. The molecular formula is C51H34N4O. The number of hydrogen-bond donors (Lipinski definition) is 0. The van der Waals surface area contributed by atoms with Crippen molar-refractivity contribution in [3.63, 3.8) is 0 Å². The molecule has 0 unspecified atom stereocenters. The van der Waals surface area contributed by atoms with Crippen LogP contribution in [-0.4, -0.2) is 19.1 Å². The van der Waals surface area contributed by atoms with Crippen molar-refractivity contribution in [2.24, 2.45) is 0 Å². The SMILES string of the molecule is C=Cc1c(/C=C\C)c2ccc3c(c4ccccc4n3-c3ccccc3)c2n1-c1nc(-c2ccc(-c3cccc4c3oc3ccccc34)cc2)c2ccccc2n1. The van der Waals surface area contributed by atoms with Crippen LogP contribution in [0, 0.1) is 0 Å². The quantitative estimate of drug-likeness (QED) is 0.172. The zero-order valence-corrected chi connectivity index (χ0v) is 30.6. The zero-order chi connectivity index (χ0) is 37.3. The molecule has 11 aromatic rings. The summed E-state index contributed by atoms with van der Waals surface area (Å²) in [7, 11) is 0. The molecule has 0 aliphatic rings. The van der Waals surface area contributed by atoms with E-state index in [1.807, 2.05) is 24.3 Å². The Balaban J connectivity index is 1.17. The van der Waals surface area contributed by atoms with E-state index in [1.54, 1.807) is 0 Å². The minimum atomic E-state index is 0.592. The summed E-state index contributed by atoms with van der Waals surface area (Å²) in [6.45, 7) is 6.40. The zero-order valence-electron chi connectivity index (χ0n) is 30.6. The normalized spacial score (nSPS) is 12.0. The first-order valence-corrected chi connectivity index (χ1v) is 18.9. The van der Waals surface area contributed by atoms with E-state index in [4.69, 9.17) is 14.4 Å². The molecule has 0 radical (unpaired) electrons. The first kappa shape index (κ1) is 32.0. The molecule has 7 aromatic carbocycles. The number of hydrogen-bond acceptors (Lipinski definition) is 3. The molecule has 0 spiro atoms. The lowest BCUT2D eigenvalue weighted by Crippen LogP contribution is -2.05. The minimum Gasteiger partial charge on any atom is -0.455 e. The van der Waals surface area contributed by atoms with Gasteiger partial charge in [-0.25, -0.2) is 9.97 Å². The summed E-state index contributed by atoms with van der Waals surface area (Å²) in [6.07, 6.45) is 6.19.